The predicted octanol–water partition coefficient (Wildman–Crippen LogP) is 2.46. The van der Waals surface area contributed by atoms with Crippen LogP contribution in [0.4, 0.5) is 16.2 Å². The zero-order valence-electron chi connectivity index (χ0n) is 12.1. The predicted molar refractivity (Wildman–Crippen MR) is 81.1 cm³/mol. The van der Waals surface area contributed by atoms with Crippen molar-refractivity contribution in [3.8, 4) is 0 Å². The Morgan fingerprint density at radius 3 is 2.48 bits per heavy atom. The zero-order chi connectivity index (χ0) is 15.3. The van der Waals surface area contributed by atoms with Crippen molar-refractivity contribution < 1.29 is 14.3 Å². The van der Waals surface area contributed by atoms with Crippen LogP contribution in [0.1, 0.15) is 32.1 Å². The number of nitrogens with two attached hydrogens (primary N) is 1. The fraction of sp³-hybridized carbons (Fsp3) is 0.467. The van der Waals surface area contributed by atoms with Gasteiger partial charge in [0.05, 0.1) is 7.11 Å². The maximum absolute atomic E-state index is 12.1. The van der Waals surface area contributed by atoms with Crippen molar-refractivity contribution in [2.24, 2.45) is 5.73 Å². The lowest BCUT2D eigenvalue weighted by Crippen LogP contribution is -2.40. The molecule has 1 aromatic carbocycles. The zero-order valence-corrected chi connectivity index (χ0v) is 12.1. The number of carbonyl (C=O) groups is 2. The fourth-order valence-electron chi connectivity index (χ4n) is 2.62. The molecule has 2 amide bonds. The first-order valence-electron chi connectivity index (χ1n) is 7.04. The monoisotopic (exact) mass is 291 g/mol. The van der Waals surface area contributed by atoms with E-state index in [4.69, 9.17) is 5.73 Å². The van der Waals surface area contributed by atoms with Crippen LogP contribution in [0, 0.1) is 0 Å². The Balaban J connectivity index is 1.94. The third kappa shape index (κ3) is 4.46. The lowest BCUT2D eigenvalue weighted by molar-refractivity contribution is -0.117. The van der Waals surface area contributed by atoms with Crippen molar-refractivity contribution in [3.63, 3.8) is 0 Å². The molecule has 0 atom stereocenters. The van der Waals surface area contributed by atoms with Gasteiger partial charge in [0.15, 0.2) is 0 Å². The Labute approximate surface area is 124 Å². The number of rotatable bonds is 4. The quantitative estimate of drug-likeness (QED) is 0.794. The van der Waals surface area contributed by atoms with Gasteiger partial charge in [-0.05, 0) is 31.0 Å². The summed E-state index contributed by atoms with van der Waals surface area (Å²) in [4.78, 5) is 23.2. The Kier molecular flexibility index (Phi) is 4.80. The van der Waals surface area contributed by atoms with Gasteiger partial charge in [-0.15, -0.1) is 0 Å². The van der Waals surface area contributed by atoms with Gasteiger partial charge in [0, 0.05) is 23.3 Å². The summed E-state index contributed by atoms with van der Waals surface area (Å²) in [7, 11) is 1.29. The first-order chi connectivity index (χ1) is 10.0. The summed E-state index contributed by atoms with van der Waals surface area (Å²) in [6, 6.07) is 6.90. The minimum Gasteiger partial charge on any atom is -0.453 e. The highest BCUT2D eigenvalue weighted by Gasteiger charge is 2.31. The summed E-state index contributed by atoms with van der Waals surface area (Å²) in [5.74, 6) is -0.102. The summed E-state index contributed by atoms with van der Waals surface area (Å²) in [6.07, 6.45) is 3.73. The number of anilines is 2. The first kappa shape index (κ1) is 15.3. The topological polar surface area (TPSA) is 93.5 Å². The second-order valence-corrected chi connectivity index (χ2v) is 5.49. The molecule has 6 heteroatoms. The van der Waals surface area contributed by atoms with Crippen LogP contribution in [0.5, 0.6) is 0 Å². The van der Waals surface area contributed by atoms with Gasteiger partial charge in [0.2, 0.25) is 5.91 Å². The maximum Gasteiger partial charge on any atom is 0.411 e. The van der Waals surface area contributed by atoms with Crippen molar-refractivity contribution in [2.45, 2.75) is 37.6 Å². The average Bonchev–Trinajstić information content (AvgIpc) is 2.85. The Hall–Kier alpha value is -2.08. The van der Waals surface area contributed by atoms with Gasteiger partial charge in [0.1, 0.15) is 0 Å². The van der Waals surface area contributed by atoms with Crippen LogP contribution in [0.2, 0.25) is 0 Å². The molecule has 0 radical (unpaired) electrons. The number of amides is 2. The van der Waals surface area contributed by atoms with E-state index in [9.17, 15) is 9.59 Å². The highest BCUT2D eigenvalue weighted by Crippen LogP contribution is 2.30. The van der Waals surface area contributed by atoms with Crippen LogP contribution < -0.4 is 16.4 Å². The lowest BCUT2D eigenvalue weighted by atomic mass is 9.94. The van der Waals surface area contributed by atoms with Crippen molar-refractivity contribution in [1.29, 1.82) is 0 Å². The molecule has 4 N–H and O–H groups in total. The van der Waals surface area contributed by atoms with E-state index >= 15 is 0 Å². The van der Waals surface area contributed by atoms with E-state index in [1.54, 1.807) is 24.3 Å². The molecule has 6 nitrogen and oxygen atoms in total. The average molecular weight is 291 g/mol. The van der Waals surface area contributed by atoms with Crippen LogP contribution in [-0.4, -0.2) is 24.6 Å². The number of ether oxygens (including phenoxy) is 1. The molecule has 2 rings (SSSR count). The maximum atomic E-state index is 12.1. The van der Waals surface area contributed by atoms with Gasteiger partial charge >= 0.3 is 6.09 Å². The largest absolute Gasteiger partial charge is 0.453 e. The summed E-state index contributed by atoms with van der Waals surface area (Å²) in [6.45, 7) is 0. The van der Waals surface area contributed by atoms with Gasteiger partial charge in [-0.1, -0.05) is 18.9 Å². The normalized spacial score (nSPS) is 16.3. The molecule has 1 fully saturated rings. The van der Waals surface area contributed by atoms with E-state index < -0.39 is 6.09 Å². The van der Waals surface area contributed by atoms with Crippen molar-refractivity contribution >= 4 is 23.4 Å². The number of carbonyl (C=O) groups excluding carboxylic acids is 2. The summed E-state index contributed by atoms with van der Waals surface area (Å²) in [5, 5.41) is 5.36. The molecule has 0 spiro atoms. The molecule has 21 heavy (non-hydrogen) atoms. The van der Waals surface area contributed by atoms with E-state index in [0.29, 0.717) is 17.8 Å². The molecule has 1 aliphatic carbocycles. The van der Waals surface area contributed by atoms with Gasteiger partial charge in [-0.25, -0.2) is 4.79 Å². The standard InChI is InChI=1S/C15H21N3O3/c1-21-14(20)18-12-6-4-5-11(9-12)17-13(19)10-15(16)7-2-3-8-15/h4-6,9H,2-3,7-8,10,16H2,1H3,(H,17,19)(H,18,20). The van der Waals surface area contributed by atoms with Crippen molar-refractivity contribution in [1.82, 2.24) is 0 Å². The Morgan fingerprint density at radius 2 is 1.86 bits per heavy atom. The van der Waals surface area contributed by atoms with E-state index in [0.717, 1.165) is 25.7 Å². The second kappa shape index (κ2) is 6.58. The van der Waals surface area contributed by atoms with Crippen LogP contribution >= 0.6 is 0 Å². The fourth-order valence-corrected chi connectivity index (χ4v) is 2.62. The molecule has 114 valence electrons. The van der Waals surface area contributed by atoms with Gasteiger partial charge < -0.3 is 15.8 Å². The molecular formula is C15H21N3O3. The molecule has 0 heterocycles. The first-order valence-corrected chi connectivity index (χ1v) is 7.04. The number of hydrogen-bond donors (Lipinski definition) is 3. The van der Waals surface area contributed by atoms with Crippen molar-refractivity contribution in [3.05, 3.63) is 24.3 Å². The number of benzene rings is 1. The van der Waals surface area contributed by atoms with E-state index in [-0.39, 0.29) is 11.4 Å². The van der Waals surface area contributed by atoms with Crippen molar-refractivity contribution in [2.75, 3.05) is 17.7 Å². The highest BCUT2D eigenvalue weighted by molar-refractivity contribution is 5.93. The Morgan fingerprint density at radius 1 is 1.24 bits per heavy atom. The van der Waals surface area contributed by atoms with Crippen LogP contribution in [0.3, 0.4) is 0 Å². The van der Waals surface area contributed by atoms with E-state index in [1.165, 1.54) is 7.11 Å². The lowest BCUT2D eigenvalue weighted by Gasteiger charge is -2.22. The number of methoxy groups -OCH3 is 1. The van der Waals surface area contributed by atoms with Crippen LogP contribution in [0.25, 0.3) is 0 Å². The molecule has 0 bridgehead atoms. The second-order valence-electron chi connectivity index (χ2n) is 5.49. The molecule has 1 aromatic rings. The molecule has 1 aliphatic rings. The van der Waals surface area contributed by atoms with Gasteiger partial charge in [-0.2, -0.15) is 0 Å². The SMILES string of the molecule is COC(=O)Nc1cccc(NC(=O)CC2(N)CCCC2)c1. The number of nitrogens with one attached hydrogen (secondary N) is 2. The number of hydrogen-bond acceptors (Lipinski definition) is 4. The minimum absolute atomic E-state index is 0.102. The highest BCUT2D eigenvalue weighted by atomic mass is 16.5. The molecule has 0 saturated heterocycles. The third-order valence-corrected chi connectivity index (χ3v) is 3.69. The molecule has 0 aliphatic heterocycles. The third-order valence-electron chi connectivity index (χ3n) is 3.69. The smallest absolute Gasteiger partial charge is 0.411 e. The molecular weight excluding hydrogens is 270 g/mol. The summed E-state index contributed by atoms with van der Waals surface area (Å²) in [5.41, 5.74) is 7.00. The Bertz CT molecular complexity index is 525. The van der Waals surface area contributed by atoms with Crippen LogP contribution in [0.15, 0.2) is 24.3 Å². The van der Waals surface area contributed by atoms with Gasteiger partial charge in [-0.3, -0.25) is 10.1 Å². The van der Waals surface area contributed by atoms with E-state index in [1.807, 2.05) is 0 Å². The minimum atomic E-state index is -0.551. The summed E-state index contributed by atoms with van der Waals surface area (Å²) < 4.78 is 4.52. The molecule has 1 saturated carbocycles. The molecule has 0 aromatic heterocycles. The molecule has 0 unspecified atom stereocenters. The summed E-state index contributed by atoms with van der Waals surface area (Å²) >= 11 is 0. The van der Waals surface area contributed by atoms with Crippen LogP contribution in [-0.2, 0) is 9.53 Å². The van der Waals surface area contributed by atoms with E-state index in [2.05, 4.69) is 15.4 Å². The van der Waals surface area contributed by atoms with Gasteiger partial charge in [0.25, 0.3) is 0 Å².